The second-order valence-electron chi connectivity index (χ2n) is 10.9. The van der Waals surface area contributed by atoms with E-state index >= 15 is 0 Å². The molecule has 0 bridgehead atoms. The number of ether oxygens (including phenoxy) is 7. The minimum Gasteiger partial charge on any atom is -0.459 e. The lowest BCUT2D eigenvalue weighted by Crippen LogP contribution is -2.49. The quantitative estimate of drug-likeness (QED) is 0.231. The van der Waals surface area contributed by atoms with Gasteiger partial charge in [0.15, 0.2) is 6.29 Å². The molecule has 2 aliphatic heterocycles. The van der Waals surface area contributed by atoms with E-state index in [2.05, 4.69) is 0 Å². The van der Waals surface area contributed by atoms with Gasteiger partial charge in [0.1, 0.15) is 18.8 Å². The minimum absolute atomic E-state index is 0.0602. The summed E-state index contributed by atoms with van der Waals surface area (Å²) >= 11 is 0. The molecule has 0 spiro atoms. The summed E-state index contributed by atoms with van der Waals surface area (Å²) in [5.74, 6) is -0.907. The van der Waals surface area contributed by atoms with Gasteiger partial charge in [-0.3, -0.25) is 4.79 Å². The van der Waals surface area contributed by atoms with Crippen molar-refractivity contribution in [2.24, 2.45) is 0 Å². The molecule has 2 aliphatic rings. The van der Waals surface area contributed by atoms with Crippen LogP contribution in [-0.4, -0.2) is 62.1 Å². The van der Waals surface area contributed by atoms with Crippen LogP contribution in [0.4, 0.5) is 0 Å². The SMILES string of the molecule is CC(=O)O[C@@H]1CC[C@H](O[C@@H]2CC[C@H](OCc3ccccc3)[C@@H](COCc3ccccc3)O2)[C@@H](COC(=O)c2ccccc2)O1. The van der Waals surface area contributed by atoms with Gasteiger partial charge in [-0.15, -0.1) is 0 Å². The molecule has 6 atom stereocenters. The number of hydrogen-bond donors (Lipinski definition) is 0. The molecule has 5 rings (SSSR count). The summed E-state index contributed by atoms with van der Waals surface area (Å²) in [6, 6.07) is 28.8. The maximum atomic E-state index is 12.6. The van der Waals surface area contributed by atoms with Gasteiger partial charge >= 0.3 is 11.9 Å². The van der Waals surface area contributed by atoms with Crippen molar-refractivity contribution in [3.63, 3.8) is 0 Å². The summed E-state index contributed by atoms with van der Waals surface area (Å²) in [5.41, 5.74) is 2.60. The molecule has 0 radical (unpaired) electrons. The summed E-state index contributed by atoms with van der Waals surface area (Å²) in [7, 11) is 0. The monoisotopic (exact) mass is 604 g/mol. The molecule has 3 aromatic rings. The number of hydrogen-bond acceptors (Lipinski definition) is 9. The average Bonchev–Trinajstić information content (AvgIpc) is 3.05. The Labute approximate surface area is 258 Å². The summed E-state index contributed by atoms with van der Waals surface area (Å²) in [4.78, 5) is 24.2. The van der Waals surface area contributed by atoms with Crippen LogP contribution < -0.4 is 0 Å². The molecule has 2 heterocycles. The highest BCUT2D eigenvalue weighted by Crippen LogP contribution is 2.30. The number of carbonyl (C=O) groups excluding carboxylic acids is 2. The first-order valence-corrected chi connectivity index (χ1v) is 15.2. The lowest BCUT2D eigenvalue weighted by Gasteiger charge is -2.40. The Morgan fingerprint density at radius 3 is 1.93 bits per heavy atom. The maximum absolute atomic E-state index is 12.6. The zero-order chi connectivity index (χ0) is 30.6. The van der Waals surface area contributed by atoms with Gasteiger partial charge in [0, 0.05) is 19.8 Å². The average molecular weight is 605 g/mol. The normalized spacial score (nSPS) is 25.2. The molecule has 9 nitrogen and oxygen atoms in total. The van der Waals surface area contributed by atoms with E-state index < -0.39 is 36.7 Å². The number of rotatable bonds is 13. The smallest absolute Gasteiger partial charge is 0.338 e. The predicted molar refractivity (Wildman–Crippen MR) is 160 cm³/mol. The number of carbonyl (C=O) groups is 2. The molecular weight excluding hydrogens is 564 g/mol. The van der Waals surface area contributed by atoms with E-state index in [0.717, 1.165) is 11.1 Å². The third-order valence-corrected chi connectivity index (χ3v) is 7.57. The maximum Gasteiger partial charge on any atom is 0.338 e. The molecule has 3 aromatic carbocycles. The molecule has 0 N–H and O–H groups in total. The van der Waals surface area contributed by atoms with Gasteiger partial charge in [-0.1, -0.05) is 78.9 Å². The third-order valence-electron chi connectivity index (χ3n) is 7.57. The van der Waals surface area contributed by atoms with Crippen LogP contribution in [0.2, 0.25) is 0 Å². The Morgan fingerprint density at radius 2 is 1.25 bits per heavy atom. The van der Waals surface area contributed by atoms with Crippen LogP contribution in [0.3, 0.4) is 0 Å². The zero-order valence-electron chi connectivity index (χ0n) is 25.0. The summed E-state index contributed by atoms with van der Waals surface area (Å²) < 4.78 is 42.2. The molecule has 0 unspecified atom stereocenters. The molecule has 234 valence electrons. The van der Waals surface area contributed by atoms with E-state index in [1.54, 1.807) is 24.3 Å². The van der Waals surface area contributed by atoms with Crippen molar-refractivity contribution in [3.05, 3.63) is 108 Å². The van der Waals surface area contributed by atoms with E-state index in [1.165, 1.54) is 6.92 Å². The fourth-order valence-corrected chi connectivity index (χ4v) is 5.34. The molecule has 0 aliphatic carbocycles. The van der Waals surface area contributed by atoms with Crippen molar-refractivity contribution in [1.29, 1.82) is 0 Å². The van der Waals surface area contributed by atoms with Gasteiger partial charge < -0.3 is 33.2 Å². The Balaban J connectivity index is 1.21. The van der Waals surface area contributed by atoms with Gasteiger partial charge in [-0.25, -0.2) is 4.79 Å². The van der Waals surface area contributed by atoms with E-state index in [-0.39, 0.29) is 18.8 Å². The summed E-state index contributed by atoms with van der Waals surface area (Å²) in [5, 5.41) is 0. The van der Waals surface area contributed by atoms with Gasteiger partial charge in [0.2, 0.25) is 6.29 Å². The van der Waals surface area contributed by atoms with Crippen LogP contribution in [0.15, 0.2) is 91.0 Å². The highest BCUT2D eigenvalue weighted by atomic mass is 16.7. The Bertz CT molecular complexity index is 1290. The summed E-state index contributed by atoms with van der Waals surface area (Å²) in [6.45, 7) is 2.54. The Kier molecular flexibility index (Phi) is 11.9. The second kappa shape index (κ2) is 16.5. The van der Waals surface area contributed by atoms with Crippen LogP contribution in [0, 0.1) is 0 Å². The lowest BCUT2D eigenvalue weighted by atomic mass is 10.0. The van der Waals surface area contributed by atoms with Crippen molar-refractivity contribution < 1.29 is 42.7 Å². The fourth-order valence-electron chi connectivity index (χ4n) is 5.34. The van der Waals surface area contributed by atoms with Gasteiger partial charge in [-0.05, 0) is 36.1 Å². The van der Waals surface area contributed by atoms with Gasteiger partial charge in [-0.2, -0.15) is 0 Å². The molecular formula is C35H40O9. The first-order chi connectivity index (χ1) is 21.5. The van der Waals surface area contributed by atoms with Gasteiger partial charge in [0.05, 0.1) is 37.6 Å². The minimum atomic E-state index is -0.741. The Morgan fingerprint density at radius 1 is 0.682 bits per heavy atom. The van der Waals surface area contributed by atoms with Crippen molar-refractivity contribution in [2.45, 2.75) is 82.8 Å². The molecule has 0 saturated carbocycles. The van der Waals surface area contributed by atoms with Crippen LogP contribution in [-0.2, 0) is 51.2 Å². The van der Waals surface area contributed by atoms with Crippen LogP contribution in [0.5, 0.6) is 0 Å². The second-order valence-corrected chi connectivity index (χ2v) is 10.9. The lowest BCUT2D eigenvalue weighted by molar-refractivity contribution is -0.292. The largest absolute Gasteiger partial charge is 0.459 e. The first-order valence-electron chi connectivity index (χ1n) is 15.2. The topological polar surface area (TPSA) is 98.8 Å². The summed E-state index contributed by atoms with van der Waals surface area (Å²) in [6.07, 6.45) is -0.590. The van der Waals surface area contributed by atoms with Crippen molar-refractivity contribution in [3.8, 4) is 0 Å². The number of esters is 2. The molecule has 9 heteroatoms. The Hall–Kier alpha value is -3.60. The van der Waals surface area contributed by atoms with E-state index in [1.807, 2.05) is 66.7 Å². The van der Waals surface area contributed by atoms with Crippen molar-refractivity contribution in [1.82, 2.24) is 0 Å². The molecule has 0 aromatic heterocycles. The highest BCUT2D eigenvalue weighted by Gasteiger charge is 2.39. The van der Waals surface area contributed by atoms with E-state index in [9.17, 15) is 9.59 Å². The third kappa shape index (κ3) is 9.70. The van der Waals surface area contributed by atoms with E-state index in [4.69, 9.17) is 33.2 Å². The predicted octanol–water partition coefficient (Wildman–Crippen LogP) is 5.60. The standard InChI is InChI=1S/C35H40O9/c1-25(36)41-33-20-18-30(32(44-33)24-40-35(37)28-15-9-4-10-16-28)42-34-19-17-29(39-22-27-13-7-3-8-14-27)31(43-34)23-38-21-26-11-5-2-6-12-26/h2-16,29-34H,17-24H2,1H3/t29-,30-,31+,32+,33-,34-/m0/s1. The first kappa shape index (κ1) is 31.8. The van der Waals surface area contributed by atoms with Crippen LogP contribution in [0.1, 0.15) is 54.1 Å². The van der Waals surface area contributed by atoms with E-state index in [0.29, 0.717) is 51.1 Å². The highest BCUT2D eigenvalue weighted by molar-refractivity contribution is 5.89. The molecule has 2 fully saturated rings. The number of benzene rings is 3. The van der Waals surface area contributed by atoms with Crippen LogP contribution >= 0.6 is 0 Å². The molecule has 44 heavy (non-hydrogen) atoms. The molecule has 2 saturated heterocycles. The van der Waals surface area contributed by atoms with Gasteiger partial charge in [0.25, 0.3) is 0 Å². The fraction of sp³-hybridized carbons (Fsp3) is 0.429. The van der Waals surface area contributed by atoms with Crippen molar-refractivity contribution in [2.75, 3.05) is 13.2 Å². The zero-order valence-corrected chi connectivity index (χ0v) is 25.0. The van der Waals surface area contributed by atoms with Crippen molar-refractivity contribution >= 4 is 11.9 Å². The molecule has 0 amide bonds. The van der Waals surface area contributed by atoms with Crippen LogP contribution in [0.25, 0.3) is 0 Å².